The summed E-state index contributed by atoms with van der Waals surface area (Å²) < 4.78 is 0. The molecule has 1 aliphatic heterocycles. The summed E-state index contributed by atoms with van der Waals surface area (Å²) in [7, 11) is 0. The van der Waals surface area contributed by atoms with Crippen molar-refractivity contribution < 1.29 is 0 Å². The first-order chi connectivity index (χ1) is 9.05. The van der Waals surface area contributed by atoms with Crippen molar-refractivity contribution in [2.45, 2.75) is 70.8 Å². The molecule has 1 heteroatoms. The quantitative estimate of drug-likeness (QED) is 0.845. The van der Waals surface area contributed by atoms with Crippen molar-refractivity contribution in [3.05, 3.63) is 35.4 Å². The number of hydrogen-bond donors (Lipinski definition) is 1. The second-order valence-corrected chi connectivity index (χ2v) is 6.99. The molecule has 0 amide bonds. The molecule has 0 bridgehead atoms. The predicted octanol–water partition coefficient (Wildman–Crippen LogP) is 4.45. The fraction of sp³-hybridized carbons (Fsp3) is 0.667. The fourth-order valence-electron chi connectivity index (χ4n) is 2.86. The molecular formula is C18H29N. The van der Waals surface area contributed by atoms with Crippen molar-refractivity contribution in [1.82, 2.24) is 5.32 Å². The highest BCUT2D eigenvalue weighted by molar-refractivity contribution is 5.27. The Morgan fingerprint density at radius 3 is 2.47 bits per heavy atom. The molecule has 1 aliphatic rings. The number of benzene rings is 1. The largest absolute Gasteiger partial charge is 0.314 e. The van der Waals surface area contributed by atoms with Crippen molar-refractivity contribution >= 4 is 0 Å². The Hall–Kier alpha value is -0.820. The first kappa shape index (κ1) is 14.6. The Balaban J connectivity index is 1.85. The van der Waals surface area contributed by atoms with Crippen molar-refractivity contribution in [3.8, 4) is 0 Å². The van der Waals surface area contributed by atoms with Crippen LogP contribution in [0.25, 0.3) is 0 Å². The van der Waals surface area contributed by atoms with E-state index >= 15 is 0 Å². The lowest BCUT2D eigenvalue weighted by Crippen LogP contribution is -2.28. The molecule has 1 aromatic rings. The Bertz CT molecular complexity index is 364. The second-order valence-electron chi connectivity index (χ2n) is 6.99. The number of rotatable bonds is 3. The van der Waals surface area contributed by atoms with E-state index in [9.17, 15) is 0 Å². The molecule has 1 N–H and O–H groups in total. The Morgan fingerprint density at radius 1 is 1.05 bits per heavy atom. The molecule has 1 saturated heterocycles. The van der Waals surface area contributed by atoms with Crippen LogP contribution in [0.2, 0.25) is 0 Å². The molecule has 19 heavy (non-hydrogen) atoms. The van der Waals surface area contributed by atoms with Crippen LogP contribution >= 0.6 is 0 Å². The molecule has 1 atom stereocenters. The van der Waals surface area contributed by atoms with Crippen molar-refractivity contribution in [3.63, 3.8) is 0 Å². The van der Waals surface area contributed by atoms with Crippen LogP contribution in [-0.4, -0.2) is 12.6 Å². The zero-order valence-electron chi connectivity index (χ0n) is 12.8. The van der Waals surface area contributed by atoms with Gasteiger partial charge in [-0.1, -0.05) is 57.9 Å². The molecule has 1 heterocycles. The van der Waals surface area contributed by atoms with Crippen molar-refractivity contribution in [2.24, 2.45) is 0 Å². The van der Waals surface area contributed by atoms with Crippen LogP contribution in [0, 0.1) is 0 Å². The Morgan fingerprint density at radius 2 is 1.79 bits per heavy atom. The summed E-state index contributed by atoms with van der Waals surface area (Å²) in [6, 6.07) is 9.98. The van der Waals surface area contributed by atoms with Crippen LogP contribution in [-0.2, 0) is 11.8 Å². The summed E-state index contributed by atoms with van der Waals surface area (Å²) >= 11 is 0. The zero-order chi connectivity index (χ0) is 13.7. The van der Waals surface area contributed by atoms with Crippen LogP contribution < -0.4 is 5.32 Å². The molecule has 2 rings (SSSR count). The molecule has 1 aromatic carbocycles. The number of aryl methyl sites for hydroxylation is 1. The van der Waals surface area contributed by atoms with Gasteiger partial charge in [0.15, 0.2) is 0 Å². The van der Waals surface area contributed by atoms with Gasteiger partial charge in [0.25, 0.3) is 0 Å². The topological polar surface area (TPSA) is 12.0 Å². The summed E-state index contributed by atoms with van der Waals surface area (Å²) in [5.74, 6) is 0. The van der Waals surface area contributed by atoms with Crippen LogP contribution in [0.5, 0.6) is 0 Å². The molecule has 0 aromatic heterocycles. The summed E-state index contributed by atoms with van der Waals surface area (Å²) in [6.07, 6.45) is 8.03. The first-order valence-corrected chi connectivity index (χ1v) is 7.88. The van der Waals surface area contributed by atoms with Crippen LogP contribution in [0.1, 0.15) is 64.0 Å². The smallest absolute Gasteiger partial charge is 0.00702 e. The molecule has 0 radical (unpaired) electrons. The van der Waals surface area contributed by atoms with E-state index in [-0.39, 0.29) is 5.41 Å². The lowest BCUT2D eigenvalue weighted by atomic mass is 9.86. The van der Waals surface area contributed by atoms with E-state index < -0.39 is 0 Å². The van der Waals surface area contributed by atoms with Crippen molar-refractivity contribution in [2.75, 3.05) is 6.54 Å². The van der Waals surface area contributed by atoms with Gasteiger partial charge >= 0.3 is 0 Å². The SMILES string of the molecule is CC(C)(C)c1ccc(CCC2CCCCCN2)cc1. The first-order valence-electron chi connectivity index (χ1n) is 7.88. The third-order valence-corrected chi connectivity index (χ3v) is 4.26. The third-order valence-electron chi connectivity index (χ3n) is 4.26. The van der Waals surface area contributed by atoms with Gasteiger partial charge in [-0.3, -0.25) is 0 Å². The lowest BCUT2D eigenvalue weighted by Gasteiger charge is -2.19. The van der Waals surface area contributed by atoms with Gasteiger partial charge in [-0.15, -0.1) is 0 Å². The molecule has 1 unspecified atom stereocenters. The van der Waals surface area contributed by atoms with Gasteiger partial charge < -0.3 is 5.32 Å². The standard InChI is InChI=1S/C18H29N/c1-18(2,3)16-11-8-15(9-12-16)10-13-17-7-5-4-6-14-19-17/h8-9,11-12,17,19H,4-7,10,13-14H2,1-3H3. The highest BCUT2D eigenvalue weighted by atomic mass is 14.9. The Kier molecular flexibility index (Phi) is 5.04. The summed E-state index contributed by atoms with van der Waals surface area (Å²) in [4.78, 5) is 0. The van der Waals surface area contributed by atoms with Gasteiger partial charge in [0.2, 0.25) is 0 Å². The molecular weight excluding hydrogens is 230 g/mol. The number of nitrogens with one attached hydrogen (secondary N) is 1. The average molecular weight is 259 g/mol. The highest BCUT2D eigenvalue weighted by Gasteiger charge is 2.14. The maximum Gasteiger partial charge on any atom is 0.00702 e. The van der Waals surface area contributed by atoms with Gasteiger partial charge in [0, 0.05) is 6.04 Å². The molecule has 1 fully saturated rings. The Labute approximate surface area is 118 Å². The van der Waals surface area contributed by atoms with Crippen molar-refractivity contribution in [1.29, 1.82) is 0 Å². The zero-order valence-corrected chi connectivity index (χ0v) is 12.8. The van der Waals surface area contributed by atoms with E-state index in [1.165, 1.54) is 56.2 Å². The van der Waals surface area contributed by atoms with Gasteiger partial charge in [-0.05, 0) is 48.8 Å². The molecule has 0 saturated carbocycles. The predicted molar refractivity (Wildman–Crippen MR) is 83.7 cm³/mol. The summed E-state index contributed by atoms with van der Waals surface area (Å²) in [5.41, 5.74) is 3.18. The molecule has 0 spiro atoms. The normalized spacial score (nSPS) is 21.1. The van der Waals surface area contributed by atoms with E-state index in [4.69, 9.17) is 0 Å². The van der Waals surface area contributed by atoms with E-state index in [1.54, 1.807) is 0 Å². The minimum absolute atomic E-state index is 0.265. The van der Waals surface area contributed by atoms with Gasteiger partial charge in [-0.25, -0.2) is 0 Å². The van der Waals surface area contributed by atoms with E-state index in [0.29, 0.717) is 0 Å². The van der Waals surface area contributed by atoms with Crippen LogP contribution in [0.15, 0.2) is 24.3 Å². The lowest BCUT2D eigenvalue weighted by molar-refractivity contribution is 0.478. The van der Waals surface area contributed by atoms with Crippen LogP contribution in [0.4, 0.5) is 0 Å². The maximum absolute atomic E-state index is 3.69. The third kappa shape index (κ3) is 4.65. The second kappa shape index (κ2) is 6.56. The van der Waals surface area contributed by atoms with Gasteiger partial charge in [0.1, 0.15) is 0 Å². The molecule has 0 aliphatic carbocycles. The maximum atomic E-state index is 3.69. The summed E-state index contributed by atoms with van der Waals surface area (Å²) in [5, 5.41) is 3.69. The number of hydrogen-bond acceptors (Lipinski definition) is 1. The molecule has 106 valence electrons. The van der Waals surface area contributed by atoms with E-state index in [2.05, 4.69) is 50.4 Å². The summed E-state index contributed by atoms with van der Waals surface area (Å²) in [6.45, 7) is 8.04. The van der Waals surface area contributed by atoms with Crippen LogP contribution in [0.3, 0.4) is 0 Å². The highest BCUT2D eigenvalue weighted by Crippen LogP contribution is 2.23. The monoisotopic (exact) mass is 259 g/mol. The van der Waals surface area contributed by atoms with Gasteiger partial charge in [0.05, 0.1) is 0 Å². The minimum atomic E-state index is 0.265. The van der Waals surface area contributed by atoms with E-state index in [0.717, 1.165) is 6.04 Å². The average Bonchev–Trinajstić information content (AvgIpc) is 2.64. The minimum Gasteiger partial charge on any atom is -0.314 e. The van der Waals surface area contributed by atoms with Gasteiger partial charge in [-0.2, -0.15) is 0 Å². The van der Waals surface area contributed by atoms with E-state index in [1.807, 2.05) is 0 Å². The molecule has 1 nitrogen and oxygen atoms in total. The fourth-order valence-corrected chi connectivity index (χ4v) is 2.86.